The zero-order valence-electron chi connectivity index (χ0n) is 7.92. The van der Waals surface area contributed by atoms with Crippen LogP contribution in [-0.2, 0) is 0 Å². The first-order valence-corrected chi connectivity index (χ1v) is 4.49. The van der Waals surface area contributed by atoms with Crippen molar-refractivity contribution in [2.75, 3.05) is 6.61 Å². The molecule has 2 aromatic rings. The van der Waals surface area contributed by atoms with Crippen LogP contribution in [0.4, 0.5) is 0 Å². The van der Waals surface area contributed by atoms with E-state index in [0.29, 0.717) is 12.5 Å². The smallest absolute Gasteiger partial charge is 0.233 e. The van der Waals surface area contributed by atoms with Gasteiger partial charge in [0.15, 0.2) is 0 Å². The number of pyridine rings is 1. The molecule has 0 atom stereocenters. The van der Waals surface area contributed by atoms with Gasteiger partial charge in [-0.1, -0.05) is 0 Å². The van der Waals surface area contributed by atoms with Crippen molar-refractivity contribution in [3.05, 3.63) is 36.8 Å². The Morgan fingerprint density at radius 1 is 1.43 bits per heavy atom. The minimum absolute atomic E-state index is 0.629. The van der Waals surface area contributed by atoms with Gasteiger partial charge in [0.05, 0.1) is 18.5 Å². The maximum absolute atomic E-state index is 5.26. The topological polar surface area (TPSA) is 39.9 Å². The highest BCUT2D eigenvalue weighted by atomic mass is 16.5. The molecule has 2 rings (SSSR count). The Hall–Kier alpha value is -1.84. The summed E-state index contributed by atoms with van der Waals surface area (Å²) in [5, 5.41) is 4.22. The van der Waals surface area contributed by atoms with E-state index in [1.807, 2.05) is 31.3 Å². The van der Waals surface area contributed by atoms with E-state index in [1.54, 1.807) is 17.1 Å². The molecular weight excluding hydrogens is 178 g/mol. The fourth-order valence-electron chi connectivity index (χ4n) is 1.17. The summed E-state index contributed by atoms with van der Waals surface area (Å²) in [5.41, 5.74) is 0.929. The van der Waals surface area contributed by atoms with Crippen LogP contribution in [0.3, 0.4) is 0 Å². The predicted octanol–water partition coefficient (Wildman–Crippen LogP) is 1.67. The molecule has 0 amide bonds. The molecule has 0 unspecified atom stereocenters. The van der Waals surface area contributed by atoms with Crippen LogP contribution in [0.15, 0.2) is 36.8 Å². The highest BCUT2D eigenvalue weighted by Gasteiger charge is 1.99. The molecule has 0 N–H and O–H groups in total. The van der Waals surface area contributed by atoms with E-state index in [0.717, 1.165) is 5.69 Å². The first-order chi connectivity index (χ1) is 6.90. The van der Waals surface area contributed by atoms with Crippen molar-refractivity contribution in [3.8, 4) is 11.6 Å². The van der Waals surface area contributed by atoms with Gasteiger partial charge in [0.1, 0.15) is 0 Å². The first-order valence-electron chi connectivity index (χ1n) is 4.49. The van der Waals surface area contributed by atoms with Crippen LogP contribution in [0, 0.1) is 0 Å². The predicted molar refractivity (Wildman–Crippen MR) is 52.5 cm³/mol. The van der Waals surface area contributed by atoms with Crippen molar-refractivity contribution in [2.45, 2.75) is 6.92 Å². The molecule has 4 nitrogen and oxygen atoms in total. The van der Waals surface area contributed by atoms with Gasteiger partial charge in [-0.25, -0.2) is 4.68 Å². The van der Waals surface area contributed by atoms with E-state index in [4.69, 9.17) is 4.74 Å². The quantitative estimate of drug-likeness (QED) is 0.737. The fourth-order valence-corrected chi connectivity index (χ4v) is 1.17. The fraction of sp³-hybridized carbons (Fsp3) is 0.200. The molecular formula is C10H11N3O. The molecule has 0 aliphatic rings. The van der Waals surface area contributed by atoms with Gasteiger partial charge < -0.3 is 4.74 Å². The lowest BCUT2D eigenvalue weighted by Gasteiger charge is -1.99. The average Bonchev–Trinajstić information content (AvgIpc) is 2.68. The molecule has 72 valence electrons. The molecule has 0 aromatic carbocycles. The summed E-state index contributed by atoms with van der Waals surface area (Å²) < 4.78 is 6.99. The third-order valence-electron chi connectivity index (χ3n) is 1.77. The van der Waals surface area contributed by atoms with Gasteiger partial charge in [-0.2, -0.15) is 0 Å². The second kappa shape index (κ2) is 3.91. The van der Waals surface area contributed by atoms with Crippen LogP contribution < -0.4 is 4.74 Å². The number of hydrogen-bond acceptors (Lipinski definition) is 3. The van der Waals surface area contributed by atoms with E-state index >= 15 is 0 Å². The van der Waals surface area contributed by atoms with Gasteiger partial charge in [0.25, 0.3) is 0 Å². The summed E-state index contributed by atoms with van der Waals surface area (Å²) >= 11 is 0. The SMILES string of the molecule is CCOc1ccn(-c2cccnc2)n1. The van der Waals surface area contributed by atoms with Gasteiger partial charge in [0.2, 0.25) is 5.88 Å². The molecule has 14 heavy (non-hydrogen) atoms. The molecule has 0 bridgehead atoms. The lowest BCUT2D eigenvalue weighted by atomic mass is 10.4. The Bertz CT molecular complexity index is 397. The average molecular weight is 189 g/mol. The number of ether oxygens (including phenoxy) is 1. The molecule has 0 spiro atoms. The second-order valence-corrected chi connectivity index (χ2v) is 2.74. The van der Waals surface area contributed by atoms with Crippen LogP contribution >= 0.6 is 0 Å². The Labute approximate surface area is 82.2 Å². The monoisotopic (exact) mass is 189 g/mol. The third-order valence-corrected chi connectivity index (χ3v) is 1.77. The van der Waals surface area contributed by atoms with Gasteiger partial charge in [-0.05, 0) is 19.1 Å². The summed E-state index contributed by atoms with van der Waals surface area (Å²) in [5.74, 6) is 0.636. The Morgan fingerprint density at radius 3 is 3.07 bits per heavy atom. The first kappa shape index (κ1) is 8.74. The van der Waals surface area contributed by atoms with Crippen LogP contribution in [0.5, 0.6) is 5.88 Å². The molecule has 0 fully saturated rings. The largest absolute Gasteiger partial charge is 0.477 e. The number of rotatable bonds is 3. The maximum Gasteiger partial charge on any atom is 0.233 e. The summed E-state index contributed by atoms with van der Waals surface area (Å²) in [6, 6.07) is 5.64. The highest BCUT2D eigenvalue weighted by Crippen LogP contribution is 2.10. The van der Waals surface area contributed by atoms with Crippen molar-refractivity contribution in [3.63, 3.8) is 0 Å². The van der Waals surface area contributed by atoms with Gasteiger partial charge >= 0.3 is 0 Å². The zero-order chi connectivity index (χ0) is 9.80. The standard InChI is InChI=1S/C10H11N3O/c1-2-14-10-5-7-13(12-10)9-4-3-6-11-8-9/h3-8H,2H2,1H3. The van der Waals surface area contributed by atoms with E-state index in [-0.39, 0.29) is 0 Å². The third kappa shape index (κ3) is 1.74. The molecule has 0 aliphatic carbocycles. The summed E-state index contributed by atoms with van der Waals surface area (Å²) in [7, 11) is 0. The molecule has 4 heteroatoms. The maximum atomic E-state index is 5.26. The van der Waals surface area contributed by atoms with Gasteiger partial charge in [-0.15, -0.1) is 5.10 Å². The van der Waals surface area contributed by atoms with Gasteiger partial charge in [0, 0.05) is 18.5 Å². The normalized spacial score (nSPS) is 10.1. The molecule has 2 aromatic heterocycles. The molecule has 2 heterocycles. The Balaban J connectivity index is 2.25. The van der Waals surface area contributed by atoms with Crippen molar-refractivity contribution >= 4 is 0 Å². The molecule has 0 saturated carbocycles. The summed E-state index contributed by atoms with van der Waals surface area (Å²) in [4.78, 5) is 4.01. The number of aromatic nitrogens is 3. The zero-order valence-corrected chi connectivity index (χ0v) is 7.92. The van der Waals surface area contributed by atoms with E-state index in [2.05, 4.69) is 10.1 Å². The van der Waals surface area contributed by atoms with Crippen LogP contribution in [0.1, 0.15) is 6.92 Å². The van der Waals surface area contributed by atoms with Crippen molar-refractivity contribution in [1.82, 2.24) is 14.8 Å². The van der Waals surface area contributed by atoms with E-state index in [9.17, 15) is 0 Å². The van der Waals surface area contributed by atoms with Crippen molar-refractivity contribution < 1.29 is 4.74 Å². The summed E-state index contributed by atoms with van der Waals surface area (Å²) in [6.07, 6.45) is 5.33. The van der Waals surface area contributed by atoms with Crippen LogP contribution in [-0.4, -0.2) is 21.4 Å². The highest BCUT2D eigenvalue weighted by molar-refractivity contribution is 5.27. The summed E-state index contributed by atoms with van der Waals surface area (Å²) in [6.45, 7) is 2.56. The number of nitrogens with zero attached hydrogens (tertiary/aromatic N) is 3. The number of hydrogen-bond donors (Lipinski definition) is 0. The lowest BCUT2D eigenvalue weighted by molar-refractivity contribution is 0.324. The molecule has 0 aliphatic heterocycles. The van der Waals surface area contributed by atoms with Crippen LogP contribution in [0.25, 0.3) is 5.69 Å². The molecule has 0 radical (unpaired) electrons. The Morgan fingerprint density at radius 2 is 2.36 bits per heavy atom. The van der Waals surface area contributed by atoms with Gasteiger partial charge in [-0.3, -0.25) is 4.98 Å². The lowest BCUT2D eigenvalue weighted by Crippen LogP contribution is -1.97. The van der Waals surface area contributed by atoms with Crippen molar-refractivity contribution in [2.24, 2.45) is 0 Å². The van der Waals surface area contributed by atoms with E-state index in [1.165, 1.54) is 0 Å². The second-order valence-electron chi connectivity index (χ2n) is 2.74. The minimum Gasteiger partial charge on any atom is -0.477 e. The Kier molecular flexibility index (Phi) is 2.44. The van der Waals surface area contributed by atoms with Crippen molar-refractivity contribution in [1.29, 1.82) is 0 Å². The molecule has 0 saturated heterocycles. The van der Waals surface area contributed by atoms with E-state index < -0.39 is 0 Å². The van der Waals surface area contributed by atoms with Crippen LogP contribution in [0.2, 0.25) is 0 Å². The minimum atomic E-state index is 0.629.